The fourth-order valence-corrected chi connectivity index (χ4v) is 4.62. The third kappa shape index (κ3) is 3.71. The van der Waals surface area contributed by atoms with E-state index in [9.17, 15) is 39.6 Å². The van der Waals surface area contributed by atoms with Crippen LogP contribution in [0.3, 0.4) is 0 Å². The predicted octanol–water partition coefficient (Wildman–Crippen LogP) is -1.14. The van der Waals surface area contributed by atoms with Crippen molar-refractivity contribution in [3.63, 3.8) is 0 Å². The van der Waals surface area contributed by atoms with Crippen molar-refractivity contribution in [3.8, 4) is 0 Å². The van der Waals surface area contributed by atoms with Crippen LogP contribution in [0.1, 0.15) is 27.7 Å². The quantitative estimate of drug-likeness (QED) is 0.347. The zero-order valence-electron chi connectivity index (χ0n) is 16.9. The molecule has 1 aliphatic rings. The Balaban J connectivity index is 2.81. The summed E-state index contributed by atoms with van der Waals surface area (Å²) in [6.07, 6.45) is -1.77. The van der Waals surface area contributed by atoms with Crippen LogP contribution in [0.2, 0.25) is 5.02 Å². The van der Waals surface area contributed by atoms with Gasteiger partial charge < -0.3 is 25.2 Å². The van der Waals surface area contributed by atoms with Gasteiger partial charge in [0.15, 0.2) is 51.0 Å². The fraction of sp³-hybridized carbons (Fsp3) is 0.556. The van der Waals surface area contributed by atoms with Crippen LogP contribution in [0.15, 0.2) is 17.6 Å². The number of aromatic nitrogens is 2. The van der Waals surface area contributed by atoms with Gasteiger partial charge in [-0.25, -0.2) is 9.97 Å². The van der Waals surface area contributed by atoms with Crippen LogP contribution in [-0.2, 0) is 23.9 Å². The molecule has 1 aromatic rings. The fourth-order valence-electron chi connectivity index (χ4n) is 3.43. The second-order valence-corrected chi connectivity index (χ2v) is 8.61. The summed E-state index contributed by atoms with van der Waals surface area (Å²) in [5.74, 6) is -5.27. The van der Waals surface area contributed by atoms with Gasteiger partial charge in [-0.1, -0.05) is 23.4 Å². The highest BCUT2D eigenvalue weighted by Crippen LogP contribution is 2.50. The topological polar surface area (TPSA) is 184 Å². The number of ketones is 4. The van der Waals surface area contributed by atoms with E-state index in [4.69, 9.17) is 16.3 Å². The highest BCUT2D eigenvalue weighted by atomic mass is 35.5. The lowest BCUT2D eigenvalue weighted by Gasteiger charge is -2.57. The minimum absolute atomic E-state index is 0.142. The van der Waals surface area contributed by atoms with Crippen LogP contribution >= 0.6 is 23.4 Å². The number of aliphatic hydroxyl groups is 4. The molecule has 1 fully saturated rings. The van der Waals surface area contributed by atoms with Crippen molar-refractivity contribution in [2.45, 2.75) is 67.3 Å². The molecule has 1 aliphatic heterocycles. The maximum atomic E-state index is 12.6. The molecule has 2 heterocycles. The van der Waals surface area contributed by atoms with E-state index in [-0.39, 0.29) is 10.2 Å². The third-order valence-corrected chi connectivity index (χ3v) is 6.43. The number of nitrogens with zero attached hydrogens (tertiary/aromatic N) is 2. The number of aliphatic hydroxyl groups excluding tert-OH is 1. The van der Waals surface area contributed by atoms with E-state index in [2.05, 4.69) is 9.97 Å². The standard InChI is InChI=1S/C18H21ClN2O9S/c1-7(22)12(26)13-16(27,8(2)23)18(29,10(4)25)17(28,9(3)24)14(30-13)31-15-20-5-11(19)6-21-15/h5-7,13-14,22,27-29H,1-4H3/t7?,13-,14+,16-,17+,18+/m1/s1. The van der Waals surface area contributed by atoms with Gasteiger partial charge in [-0.2, -0.15) is 0 Å². The molecule has 1 saturated heterocycles. The van der Waals surface area contributed by atoms with Crippen molar-refractivity contribution >= 4 is 46.5 Å². The number of rotatable bonds is 7. The van der Waals surface area contributed by atoms with E-state index in [1.807, 2.05) is 0 Å². The Morgan fingerprint density at radius 1 is 1.03 bits per heavy atom. The first-order chi connectivity index (χ1) is 14.1. The highest BCUT2D eigenvalue weighted by Gasteiger charge is 2.79. The number of carbonyl (C=O) groups is 4. The van der Waals surface area contributed by atoms with E-state index in [0.717, 1.165) is 27.7 Å². The summed E-state index contributed by atoms with van der Waals surface area (Å²) in [7, 11) is 0. The molecule has 4 N–H and O–H groups in total. The molecule has 0 aliphatic carbocycles. The maximum absolute atomic E-state index is 12.6. The van der Waals surface area contributed by atoms with Gasteiger partial charge in [0.1, 0.15) is 6.10 Å². The first kappa shape index (κ1) is 25.5. The summed E-state index contributed by atoms with van der Waals surface area (Å²) in [5.41, 5.74) is -12.1. The minimum Gasteiger partial charge on any atom is -0.386 e. The number of Topliss-reactive ketones (excluding diaryl/α,β-unsaturated/α-hetero) is 4. The third-order valence-electron chi connectivity index (χ3n) is 5.15. The lowest BCUT2D eigenvalue weighted by Crippen LogP contribution is -2.86. The van der Waals surface area contributed by atoms with E-state index in [0.29, 0.717) is 11.8 Å². The Morgan fingerprint density at radius 3 is 1.90 bits per heavy atom. The Hall–Kier alpha value is -1.80. The molecule has 170 valence electrons. The second-order valence-electron chi connectivity index (χ2n) is 7.14. The molecule has 0 radical (unpaired) electrons. The average Bonchev–Trinajstić information content (AvgIpc) is 2.68. The Kier molecular flexibility index (Phi) is 7.08. The molecule has 0 aromatic carbocycles. The van der Waals surface area contributed by atoms with Crippen LogP contribution in [-0.4, -0.2) is 88.0 Å². The average molecular weight is 477 g/mol. The largest absolute Gasteiger partial charge is 0.386 e. The summed E-state index contributed by atoms with van der Waals surface area (Å²) in [4.78, 5) is 57.9. The van der Waals surface area contributed by atoms with Gasteiger partial charge in [-0.05, 0) is 27.7 Å². The van der Waals surface area contributed by atoms with E-state index in [1.165, 1.54) is 12.4 Å². The van der Waals surface area contributed by atoms with E-state index < -0.39 is 57.6 Å². The van der Waals surface area contributed by atoms with Gasteiger partial charge in [0.05, 0.1) is 17.4 Å². The van der Waals surface area contributed by atoms with E-state index in [1.54, 1.807) is 0 Å². The zero-order chi connectivity index (χ0) is 23.9. The molecule has 11 nitrogen and oxygen atoms in total. The van der Waals surface area contributed by atoms with Crippen molar-refractivity contribution in [1.82, 2.24) is 9.97 Å². The van der Waals surface area contributed by atoms with Crippen LogP contribution < -0.4 is 0 Å². The van der Waals surface area contributed by atoms with Gasteiger partial charge in [-0.15, -0.1) is 0 Å². The van der Waals surface area contributed by atoms with Crippen molar-refractivity contribution in [2.75, 3.05) is 0 Å². The highest BCUT2D eigenvalue weighted by molar-refractivity contribution is 7.99. The molecular weight excluding hydrogens is 456 g/mol. The van der Waals surface area contributed by atoms with Gasteiger partial charge >= 0.3 is 0 Å². The molecule has 6 atom stereocenters. The zero-order valence-corrected chi connectivity index (χ0v) is 18.5. The van der Waals surface area contributed by atoms with Crippen molar-refractivity contribution in [1.29, 1.82) is 0 Å². The molecule has 0 bridgehead atoms. The first-order valence-corrected chi connectivity index (χ1v) is 10.1. The van der Waals surface area contributed by atoms with Crippen molar-refractivity contribution in [3.05, 3.63) is 17.4 Å². The molecule has 13 heteroatoms. The van der Waals surface area contributed by atoms with Crippen LogP contribution in [0, 0.1) is 0 Å². The minimum atomic E-state index is -3.52. The lowest BCUT2D eigenvalue weighted by molar-refractivity contribution is -0.297. The van der Waals surface area contributed by atoms with Gasteiger partial charge in [0, 0.05) is 0 Å². The molecule has 31 heavy (non-hydrogen) atoms. The Morgan fingerprint density at radius 2 is 1.52 bits per heavy atom. The summed E-state index contributed by atoms with van der Waals surface area (Å²) < 4.78 is 5.43. The number of hydrogen-bond acceptors (Lipinski definition) is 12. The number of halogens is 1. The second kappa shape index (κ2) is 8.62. The maximum Gasteiger partial charge on any atom is 0.201 e. The molecule has 0 saturated carbocycles. The van der Waals surface area contributed by atoms with Gasteiger partial charge in [0.25, 0.3) is 0 Å². The molecule has 0 amide bonds. The van der Waals surface area contributed by atoms with Crippen LogP contribution in [0.4, 0.5) is 0 Å². The summed E-state index contributed by atoms with van der Waals surface area (Å²) in [6, 6.07) is 0. The summed E-state index contributed by atoms with van der Waals surface area (Å²) in [6.45, 7) is 3.26. The van der Waals surface area contributed by atoms with Gasteiger partial charge in [0.2, 0.25) is 5.60 Å². The normalized spacial score (nSPS) is 34.1. The molecule has 1 unspecified atom stereocenters. The lowest BCUT2D eigenvalue weighted by atomic mass is 9.60. The van der Waals surface area contributed by atoms with Crippen LogP contribution in [0.5, 0.6) is 0 Å². The molecule has 1 aromatic heterocycles. The van der Waals surface area contributed by atoms with Gasteiger partial charge in [-0.3, -0.25) is 19.2 Å². The SMILES string of the molecule is CC(=O)[C@]1(O)[C@@](O)(C(C)=O)[C@@H](C(=O)C(C)O)O[C@@H](Sc2ncc(Cl)cn2)[C@@]1(O)C(C)=O. The number of hydrogen-bond donors (Lipinski definition) is 4. The summed E-state index contributed by atoms with van der Waals surface area (Å²) in [5, 5.41) is 43.6. The predicted molar refractivity (Wildman–Crippen MR) is 105 cm³/mol. The van der Waals surface area contributed by atoms with Crippen molar-refractivity contribution in [2.24, 2.45) is 0 Å². The molecular formula is C18H21ClN2O9S. The van der Waals surface area contributed by atoms with E-state index >= 15 is 0 Å². The smallest absolute Gasteiger partial charge is 0.201 e. The number of thioether (sulfide) groups is 1. The van der Waals surface area contributed by atoms with Crippen molar-refractivity contribution < 1.29 is 44.3 Å². The van der Waals surface area contributed by atoms with Crippen LogP contribution in [0.25, 0.3) is 0 Å². The summed E-state index contributed by atoms with van der Waals surface area (Å²) >= 11 is 6.15. The Labute approximate surface area is 185 Å². The molecule has 0 spiro atoms. The Bertz CT molecular complexity index is 927. The monoisotopic (exact) mass is 476 g/mol. The molecule has 2 rings (SSSR count). The number of ether oxygens (including phenoxy) is 1. The first-order valence-electron chi connectivity index (χ1n) is 8.87. The number of carbonyl (C=O) groups excluding carboxylic acids is 4.